The normalized spacial score (nSPS) is 13.4. The molecular weight excluding hydrogens is 225 g/mol. The molecule has 0 heterocycles. The van der Waals surface area contributed by atoms with Gasteiger partial charge in [-0.25, -0.2) is 13.2 Å². The summed E-state index contributed by atoms with van der Waals surface area (Å²) < 4.78 is 40.5. The molecule has 0 atom stereocenters. The third-order valence-electron chi connectivity index (χ3n) is 2.32. The van der Waals surface area contributed by atoms with Crippen LogP contribution in [0.4, 0.5) is 13.2 Å². The molecule has 0 radical (unpaired) electrons. The summed E-state index contributed by atoms with van der Waals surface area (Å²) >= 11 is 0. The first-order chi connectivity index (χ1) is 7.93. The minimum absolute atomic E-state index is 0.0301. The van der Waals surface area contributed by atoms with Gasteiger partial charge in [0.1, 0.15) is 17.5 Å². The Morgan fingerprint density at radius 1 is 1.18 bits per heavy atom. The molecule has 0 saturated heterocycles. The molecule has 92 valence electrons. The van der Waals surface area contributed by atoms with Crippen molar-refractivity contribution in [2.24, 2.45) is 5.92 Å². The van der Waals surface area contributed by atoms with Gasteiger partial charge in [0, 0.05) is 0 Å². The maximum Gasteiger partial charge on any atom is 0.133 e. The van der Waals surface area contributed by atoms with Crippen LogP contribution in [0, 0.1) is 17.6 Å². The van der Waals surface area contributed by atoms with Gasteiger partial charge in [-0.2, -0.15) is 0 Å². The standard InChI is InChI=1S/C14H15F3/c1-9(2)7-8-11(15)10(3)14-12(16)5-4-6-13(14)17/h4-9H,1-3H3/b8-7-,11-10-. The second-order valence-corrected chi connectivity index (χ2v) is 4.17. The highest BCUT2D eigenvalue weighted by atomic mass is 19.1. The molecule has 0 aromatic heterocycles. The molecule has 0 N–H and O–H groups in total. The lowest BCUT2D eigenvalue weighted by atomic mass is 10.0. The van der Waals surface area contributed by atoms with E-state index in [2.05, 4.69) is 0 Å². The van der Waals surface area contributed by atoms with E-state index in [1.165, 1.54) is 19.1 Å². The summed E-state index contributed by atoms with van der Waals surface area (Å²) in [6, 6.07) is 3.48. The van der Waals surface area contributed by atoms with Crippen molar-refractivity contribution in [3.8, 4) is 0 Å². The van der Waals surface area contributed by atoms with Crippen molar-refractivity contribution in [1.29, 1.82) is 0 Å². The molecule has 1 rings (SSSR count). The van der Waals surface area contributed by atoms with Crippen molar-refractivity contribution < 1.29 is 13.2 Å². The highest BCUT2D eigenvalue weighted by molar-refractivity contribution is 5.68. The highest BCUT2D eigenvalue weighted by Crippen LogP contribution is 2.25. The van der Waals surface area contributed by atoms with Gasteiger partial charge >= 0.3 is 0 Å². The van der Waals surface area contributed by atoms with Gasteiger partial charge in [0.15, 0.2) is 0 Å². The molecule has 3 heteroatoms. The number of hydrogen-bond acceptors (Lipinski definition) is 0. The molecule has 1 aromatic carbocycles. The number of allylic oxidation sites excluding steroid dienone is 4. The van der Waals surface area contributed by atoms with E-state index in [9.17, 15) is 13.2 Å². The van der Waals surface area contributed by atoms with E-state index in [0.717, 1.165) is 12.1 Å². The van der Waals surface area contributed by atoms with E-state index in [1.807, 2.05) is 13.8 Å². The molecule has 0 bridgehead atoms. The largest absolute Gasteiger partial charge is 0.207 e. The molecule has 0 spiro atoms. The molecule has 0 aliphatic rings. The number of rotatable bonds is 3. The second kappa shape index (κ2) is 5.71. The lowest BCUT2D eigenvalue weighted by Crippen LogP contribution is -1.93. The quantitative estimate of drug-likeness (QED) is 0.661. The van der Waals surface area contributed by atoms with Crippen LogP contribution in [0.1, 0.15) is 26.3 Å². The van der Waals surface area contributed by atoms with Gasteiger partial charge in [0.25, 0.3) is 0 Å². The lowest BCUT2D eigenvalue weighted by molar-refractivity contribution is 0.574. The van der Waals surface area contributed by atoms with E-state index in [0.29, 0.717) is 0 Å². The van der Waals surface area contributed by atoms with Crippen LogP contribution >= 0.6 is 0 Å². The van der Waals surface area contributed by atoms with Crippen molar-refractivity contribution in [1.82, 2.24) is 0 Å². The van der Waals surface area contributed by atoms with Crippen LogP contribution in [0.15, 0.2) is 36.2 Å². The Balaban J connectivity index is 3.19. The summed E-state index contributed by atoms with van der Waals surface area (Å²) in [5.41, 5.74) is -0.337. The first-order valence-corrected chi connectivity index (χ1v) is 5.42. The van der Waals surface area contributed by atoms with Gasteiger partial charge in [-0.15, -0.1) is 0 Å². The predicted octanol–water partition coefficient (Wildman–Crippen LogP) is 4.88. The first kappa shape index (κ1) is 13.6. The third-order valence-corrected chi connectivity index (χ3v) is 2.32. The molecule has 0 amide bonds. The summed E-state index contributed by atoms with van der Waals surface area (Å²) in [6.45, 7) is 5.15. The predicted molar refractivity (Wildman–Crippen MR) is 64.0 cm³/mol. The molecule has 17 heavy (non-hydrogen) atoms. The molecule has 1 aromatic rings. The maximum atomic E-state index is 13.7. The lowest BCUT2D eigenvalue weighted by Gasteiger charge is -2.05. The molecular formula is C14H15F3. The fourth-order valence-corrected chi connectivity index (χ4v) is 1.38. The molecule has 0 aliphatic heterocycles. The summed E-state index contributed by atoms with van der Waals surface area (Å²) in [4.78, 5) is 0. The minimum atomic E-state index is -0.754. The van der Waals surface area contributed by atoms with Crippen LogP contribution in [0.3, 0.4) is 0 Å². The van der Waals surface area contributed by atoms with E-state index >= 15 is 0 Å². The summed E-state index contributed by atoms with van der Waals surface area (Å²) in [5, 5.41) is 0. The Hall–Kier alpha value is -1.51. The van der Waals surface area contributed by atoms with E-state index in [4.69, 9.17) is 0 Å². The van der Waals surface area contributed by atoms with Crippen LogP contribution < -0.4 is 0 Å². The van der Waals surface area contributed by atoms with Crippen molar-refractivity contribution in [3.63, 3.8) is 0 Å². The van der Waals surface area contributed by atoms with E-state index in [1.54, 1.807) is 6.08 Å². The van der Waals surface area contributed by atoms with Gasteiger partial charge in [-0.3, -0.25) is 0 Å². The zero-order valence-corrected chi connectivity index (χ0v) is 10.1. The fraction of sp³-hybridized carbons (Fsp3) is 0.286. The van der Waals surface area contributed by atoms with Gasteiger partial charge in [-0.05, 0) is 36.6 Å². The van der Waals surface area contributed by atoms with Crippen molar-refractivity contribution in [2.75, 3.05) is 0 Å². The molecule has 0 nitrogen and oxygen atoms in total. The smallest absolute Gasteiger partial charge is 0.133 e. The topological polar surface area (TPSA) is 0 Å². The zero-order valence-electron chi connectivity index (χ0n) is 10.1. The van der Waals surface area contributed by atoms with Gasteiger partial charge < -0.3 is 0 Å². The minimum Gasteiger partial charge on any atom is -0.207 e. The van der Waals surface area contributed by atoms with Crippen molar-refractivity contribution >= 4 is 5.57 Å². The van der Waals surface area contributed by atoms with Crippen LogP contribution in [0.5, 0.6) is 0 Å². The van der Waals surface area contributed by atoms with E-state index < -0.39 is 17.5 Å². The first-order valence-electron chi connectivity index (χ1n) is 5.42. The Morgan fingerprint density at radius 3 is 2.18 bits per heavy atom. The van der Waals surface area contributed by atoms with Gasteiger partial charge in [0.05, 0.1) is 5.56 Å². The summed E-state index contributed by atoms with van der Waals surface area (Å²) in [6.07, 6.45) is 2.88. The fourth-order valence-electron chi connectivity index (χ4n) is 1.38. The average molecular weight is 240 g/mol. The van der Waals surface area contributed by atoms with Crippen molar-refractivity contribution in [3.05, 3.63) is 53.4 Å². The summed E-state index contributed by atoms with van der Waals surface area (Å²) in [7, 11) is 0. The Morgan fingerprint density at radius 2 is 1.71 bits per heavy atom. The third kappa shape index (κ3) is 3.48. The van der Waals surface area contributed by atoms with Crippen LogP contribution in [0.25, 0.3) is 5.57 Å². The SMILES string of the molecule is C/C(=C(F)\C=C/C(C)C)c1c(F)cccc1F. The Bertz CT molecular complexity index is 436. The van der Waals surface area contributed by atoms with Crippen molar-refractivity contribution in [2.45, 2.75) is 20.8 Å². The number of benzene rings is 1. The van der Waals surface area contributed by atoms with Crippen LogP contribution in [0.2, 0.25) is 0 Å². The second-order valence-electron chi connectivity index (χ2n) is 4.17. The van der Waals surface area contributed by atoms with Gasteiger partial charge in [-0.1, -0.05) is 26.0 Å². The van der Waals surface area contributed by atoms with Gasteiger partial charge in [0.2, 0.25) is 0 Å². The number of hydrogen-bond donors (Lipinski definition) is 0. The molecule has 0 aliphatic carbocycles. The van der Waals surface area contributed by atoms with Crippen LogP contribution in [-0.4, -0.2) is 0 Å². The summed E-state index contributed by atoms with van der Waals surface area (Å²) in [5.74, 6) is -1.95. The van der Waals surface area contributed by atoms with Crippen LogP contribution in [-0.2, 0) is 0 Å². The number of halogens is 3. The monoisotopic (exact) mass is 240 g/mol. The Kier molecular flexibility index (Phi) is 4.55. The Labute approximate surface area is 99.5 Å². The average Bonchev–Trinajstić information content (AvgIpc) is 2.25. The molecule has 0 fully saturated rings. The van der Waals surface area contributed by atoms with E-state index in [-0.39, 0.29) is 17.1 Å². The molecule has 0 saturated carbocycles. The highest BCUT2D eigenvalue weighted by Gasteiger charge is 2.12. The zero-order chi connectivity index (χ0) is 13.0. The maximum absolute atomic E-state index is 13.7. The molecule has 0 unspecified atom stereocenters.